The van der Waals surface area contributed by atoms with Crippen LogP contribution in [0.15, 0.2) is 42.6 Å². The van der Waals surface area contributed by atoms with E-state index in [0.717, 1.165) is 18.4 Å². The summed E-state index contributed by atoms with van der Waals surface area (Å²) in [6, 6.07) is 11.5. The molecule has 11 nitrogen and oxygen atoms in total. The van der Waals surface area contributed by atoms with Crippen molar-refractivity contribution < 1.29 is 19.4 Å². The van der Waals surface area contributed by atoms with Gasteiger partial charge in [0.25, 0.3) is 5.91 Å². The molecule has 5 rings (SSSR count). The van der Waals surface area contributed by atoms with Crippen molar-refractivity contribution in [2.24, 2.45) is 0 Å². The van der Waals surface area contributed by atoms with Gasteiger partial charge in [-0.05, 0) is 36.6 Å². The molecule has 0 saturated carbocycles. The third-order valence-corrected chi connectivity index (χ3v) is 6.93. The van der Waals surface area contributed by atoms with Gasteiger partial charge in [0.1, 0.15) is 18.3 Å². The highest BCUT2D eigenvalue weighted by molar-refractivity contribution is 6.33. The second-order valence-electron chi connectivity index (χ2n) is 9.32. The highest BCUT2D eigenvalue weighted by Gasteiger charge is 2.30. The van der Waals surface area contributed by atoms with Crippen LogP contribution >= 0.6 is 11.6 Å². The number of nitriles is 1. The molecule has 39 heavy (non-hydrogen) atoms. The molecule has 0 aliphatic carbocycles. The molecular formula is C27H26ClN7O4. The third-order valence-electron chi connectivity index (χ3n) is 6.66. The number of nitrogens with one attached hydrogen (secondary N) is 2. The van der Waals surface area contributed by atoms with Gasteiger partial charge in [0.15, 0.2) is 0 Å². The molecule has 0 bridgehead atoms. The number of ether oxygens (including phenoxy) is 1. The highest BCUT2D eigenvalue weighted by Crippen LogP contribution is 2.31. The number of aromatic nitrogens is 3. The van der Waals surface area contributed by atoms with Gasteiger partial charge in [-0.25, -0.2) is 15.0 Å². The zero-order valence-corrected chi connectivity index (χ0v) is 21.7. The number of fused-ring (bicyclic) bond motifs is 1. The van der Waals surface area contributed by atoms with Crippen molar-refractivity contribution in [3.05, 3.63) is 70.1 Å². The number of hydrogen-bond donors (Lipinski definition) is 3. The van der Waals surface area contributed by atoms with Crippen molar-refractivity contribution in [3.63, 3.8) is 0 Å². The van der Waals surface area contributed by atoms with Crippen LogP contribution in [-0.2, 0) is 16.1 Å². The molecule has 2 amide bonds. The van der Waals surface area contributed by atoms with Gasteiger partial charge in [-0.15, -0.1) is 0 Å². The molecule has 0 radical (unpaired) electrons. The summed E-state index contributed by atoms with van der Waals surface area (Å²) in [7, 11) is 0. The minimum Gasteiger partial charge on any atom is -0.394 e. The summed E-state index contributed by atoms with van der Waals surface area (Å²) < 4.78 is 5.40. The first-order valence-corrected chi connectivity index (χ1v) is 12.9. The predicted molar refractivity (Wildman–Crippen MR) is 142 cm³/mol. The standard InChI is InChI=1S/C27H26ClN7O4/c28-21-12-30-27(32-18-6-8-39-9-7-18)34-25(21)16-4-5-17-13-35(26(38)20(17)10-16)14-24(37)33-23(15-36)22-3-1-2-19(11-29)31-22/h1-5,10,12,18,23,36H,6-9,13-15H2,(H,33,37)(H,30,32,34)/t23-/m1/s1. The van der Waals surface area contributed by atoms with Crippen molar-refractivity contribution in [1.29, 1.82) is 5.26 Å². The number of anilines is 1. The maximum atomic E-state index is 13.2. The van der Waals surface area contributed by atoms with Crippen LogP contribution in [0.2, 0.25) is 5.02 Å². The molecule has 200 valence electrons. The summed E-state index contributed by atoms with van der Waals surface area (Å²) in [5.74, 6) is -0.292. The fourth-order valence-electron chi connectivity index (χ4n) is 4.63. The van der Waals surface area contributed by atoms with E-state index in [4.69, 9.17) is 21.6 Å². The average molecular weight is 548 g/mol. The Labute approximate surface area is 229 Å². The van der Waals surface area contributed by atoms with E-state index in [1.54, 1.807) is 18.2 Å². The molecule has 4 heterocycles. The molecule has 2 aliphatic rings. The molecule has 0 unspecified atom stereocenters. The molecular weight excluding hydrogens is 522 g/mol. The van der Waals surface area contributed by atoms with E-state index >= 15 is 0 Å². The summed E-state index contributed by atoms with van der Waals surface area (Å²) in [4.78, 5) is 40.4. The Hall–Kier alpha value is -4.11. The van der Waals surface area contributed by atoms with Crippen LogP contribution in [0.25, 0.3) is 11.3 Å². The van der Waals surface area contributed by atoms with E-state index in [9.17, 15) is 14.7 Å². The predicted octanol–water partition coefficient (Wildman–Crippen LogP) is 2.46. The van der Waals surface area contributed by atoms with Crippen LogP contribution in [0.1, 0.15) is 46.2 Å². The lowest BCUT2D eigenvalue weighted by Crippen LogP contribution is -2.40. The molecule has 0 spiro atoms. The quantitative estimate of drug-likeness (QED) is 0.386. The maximum Gasteiger partial charge on any atom is 0.254 e. The number of carbonyl (C=O) groups is 2. The van der Waals surface area contributed by atoms with E-state index in [1.165, 1.54) is 17.2 Å². The molecule has 1 fully saturated rings. The lowest BCUT2D eigenvalue weighted by atomic mass is 10.0. The number of carbonyl (C=O) groups excluding carboxylic acids is 2. The first-order valence-electron chi connectivity index (χ1n) is 12.5. The average Bonchev–Trinajstić information content (AvgIpc) is 3.27. The second kappa shape index (κ2) is 11.7. The summed E-state index contributed by atoms with van der Waals surface area (Å²) in [6.45, 7) is 1.03. The van der Waals surface area contributed by atoms with Crippen molar-refractivity contribution in [2.75, 3.05) is 31.7 Å². The SMILES string of the molecule is N#Cc1cccc([C@@H](CO)NC(=O)CN2Cc3ccc(-c4nc(NC5CCOCC5)ncc4Cl)cc3C2=O)n1. The summed E-state index contributed by atoms with van der Waals surface area (Å²) in [5.41, 5.74) is 2.96. The zero-order valence-electron chi connectivity index (χ0n) is 20.9. The number of amides is 2. The van der Waals surface area contributed by atoms with Gasteiger partial charge in [0.2, 0.25) is 11.9 Å². The van der Waals surface area contributed by atoms with Gasteiger partial charge in [-0.1, -0.05) is 29.8 Å². The number of halogens is 1. The number of aliphatic hydroxyl groups excluding tert-OH is 1. The van der Waals surface area contributed by atoms with Gasteiger partial charge in [0.05, 0.1) is 35.3 Å². The van der Waals surface area contributed by atoms with Crippen LogP contribution < -0.4 is 10.6 Å². The smallest absolute Gasteiger partial charge is 0.254 e. The number of rotatable bonds is 8. The van der Waals surface area contributed by atoms with E-state index in [2.05, 4.69) is 25.6 Å². The number of aliphatic hydroxyl groups is 1. The summed E-state index contributed by atoms with van der Waals surface area (Å²) >= 11 is 6.43. The van der Waals surface area contributed by atoms with Crippen molar-refractivity contribution in [2.45, 2.75) is 31.5 Å². The van der Waals surface area contributed by atoms with Crippen LogP contribution in [0.4, 0.5) is 5.95 Å². The van der Waals surface area contributed by atoms with Gasteiger partial charge in [-0.2, -0.15) is 5.26 Å². The number of nitrogens with zero attached hydrogens (tertiary/aromatic N) is 5. The molecule has 2 aliphatic heterocycles. The molecule has 3 N–H and O–H groups in total. The van der Waals surface area contributed by atoms with Crippen LogP contribution in [0.3, 0.4) is 0 Å². The first-order chi connectivity index (χ1) is 18.9. The minimum atomic E-state index is -0.804. The van der Waals surface area contributed by atoms with Gasteiger partial charge in [-0.3, -0.25) is 9.59 Å². The van der Waals surface area contributed by atoms with Crippen molar-refractivity contribution in [3.8, 4) is 17.3 Å². The zero-order chi connectivity index (χ0) is 27.4. The van der Waals surface area contributed by atoms with Crippen LogP contribution in [0, 0.1) is 11.3 Å². The fraction of sp³-hybridized carbons (Fsp3) is 0.333. The fourth-order valence-corrected chi connectivity index (χ4v) is 4.83. The van der Waals surface area contributed by atoms with Crippen molar-refractivity contribution >= 4 is 29.4 Å². The Morgan fingerprint density at radius 2 is 2.08 bits per heavy atom. The van der Waals surface area contributed by atoms with E-state index in [0.29, 0.717) is 46.7 Å². The van der Waals surface area contributed by atoms with E-state index < -0.39 is 18.6 Å². The monoisotopic (exact) mass is 547 g/mol. The normalized spacial score (nSPS) is 15.9. The number of benzene rings is 1. The van der Waals surface area contributed by atoms with E-state index in [-0.39, 0.29) is 30.7 Å². The molecule has 1 atom stereocenters. The first kappa shape index (κ1) is 26.5. The molecule has 2 aromatic heterocycles. The maximum absolute atomic E-state index is 13.2. The molecule has 1 saturated heterocycles. The number of hydrogen-bond acceptors (Lipinski definition) is 9. The van der Waals surface area contributed by atoms with E-state index in [1.807, 2.05) is 18.2 Å². The Bertz CT molecular complexity index is 1440. The summed E-state index contributed by atoms with van der Waals surface area (Å²) in [6.07, 6.45) is 3.26. The highest BCUT2D eigenvalue weighted by atomic mass is 35.5. The Morgan fingerprint density at radius 3 is 2.85 bits per heavy atom. The lowest BCUT2D eigenvalue weighted by molar-refractivity contribution is -0.122. The number of pyridine rings is 1. The molecule has 1 aromatic carbocycles. The summed E-state index contributed by atoms with van der Waals surface area (Å²) in [5, 5.41) is 25.2. The minimum absolute atomic E-state index is 0.177. The van der Waals surface area contributed by atoms with Crippen LogP contribution in [-0.4, -0.2) is 69.2 Å². The topological polar surface area (TPSA) is 153 Å². The molecule has 3 aromatic rings. The van der Waals surface area contributed by atoms with Gasteiger partial charge in [0, 0.05) is 36.9 Å². The Kier molecular flexibility index (Phi) is 7.97. The second-order valence-corrected chi connectivity index (χ2v) is 9.72. The largest absolute Gasteiger partial charge is 0.394 e. The third kappa shape index (κ3) is 5.98. The Morgan fingerprint density at radius 1 is 1.26 bits per heavy atom. The molecule has 12 heteroatoms. The lowest BCUT2D eigenvalue weighted by Gasteiger charge is -2.23. The Balaban J connectivity index is 1.27. The van der Waals surface area contributed by atoms with Gasteiger partial charge < -0.3 is 25.4 Å². The van der Waals surface area contributed by atoms with Crippen LogP contribution in [0.5, 0.6) is 0 Å². The van der Waals surface area contributed by atoms with Crippen molar-refractivity contribution in [1.82, 2.24) is 25.2 Å². The van der Waals surface area contributed by atoms with Gasteiger partial charge >= 0.3 is 0 Å².